The number of nitrogens with zero attached hydrogens (tertiary/aromatic N) is 3. The lowest BCUT2D eigenvalue weighted by Gasteiger charge is -2.04. The Morgan fingerprint density at radius 3 is 2.65 bits per heavy atom. The Morgan fingerprint density at radius 2 is 1.96 bits per heavy atom. The fraction of sp³-hybridized carbons (Fsp3) is 0.105. The summed E-state index contributed by atoms with van der Waals surface area (Å²) in [4.78, 5) is 22.6. The first kappa shape index (κ1) is 16.4. The van der Waals surface area contributed by atoms with Crippen LogP contribution < -0.4 is 5.32 Å². The zero-order valence-electron chi connectivity index (χ0n) is 14.2. The van der Waals surface area contributed by atoms with Crippen LogP contribution in [0.1, 0.15) is 20.9 Å². The smallest absolute Gasteiger partial charge is 0.268 e. The van der Waals surface area contributed by atoms with Crippen LogP contribution in [-0.2, 0) is 0 Å². The van der Waals surface area contributed by atoms with Gasteiger partial charge in [0, 0.05) is 23.7 Å². The van der Waals surface area contributed by atoms with Crippen molar-refractivity contribution in [3.8, 4) is 11.3 Å². The molecule has 0 fully saturated rings. The van der Waals surface area contributed by atoms with Gasteiger partial charge in [-0.05, 0) is 55.8 Å². The summed E-state index contributed by atoms with van der Waals surface area (Å²) >= 11 is 1.31. The van der Waals surface area contributed by atoms with E-state index in [0.29, 0.717) is 15.7 Å². The van der Waals surface area contributed by atoms with E-state index >= 15 is 0 Å². The lowest BCUT2D eigenvalue weighted by Crippen LogP contribution is -2.13. The van der Waals surface area contributed by atoms with Crippen molar-refractivity contribution < 1.29 is 9.18 Å². The molecule has 0 saturated heterocycles. The van der Waals surface area contributed by atoms with Crippen LogP contribution >= 0.6 is 11.3 Å². The van der Waals surface area contributed by atoms with E-state index in [4.69, 9.17) is 0 Å². The summed E-state index contributed by atoms with van der Waals surface area (Å²) in [5.74, 6) is 0.0292. The number of hydrogen-bond donors (Lipinski definition) is 1. The molecule has 4 aromatic rings. The number of amides is 1. The van der Waals surface area contributed by atoms with Gasteiger partial charge in [-0.1, -0.05) is 11.3 Å². The van der Waals surface area contributed by atoms with Crippen LogP contribution in [0.15, 0.2) is 48.8 Å². The second-order valence-electron chi connectivity index (χ2n) is 5.97. The zero-order chi connectivity index (χ0) is 18.3. The fourth-order valence-electron chi connectivity index (χ4n) is 2.70. The third kappa shape index (κ3) is 2.97. The van der Waals surface area contributed by atoms with Crippen molar-refractivity contribution in [3.63, 3.8) is 0 Å². The molecule has 5 nitrogen and oxygen atoms in total. The van der Waals surface area contributed by atoms with Gasteiger partial charge in [-0.2, -0.15) is 0 Å². The van der Waals surface area contributed by atoms with Crippen molar-refractivity contribution in [2.45, 2.75) is 13.8 Å². The summed E-state index contributed by atoms with van der Waals surface area (Å²) in [6.45, 7) is 3.82. The van der Waals surface area contributed by atoms with E-state index < -0.39 is 0 Å². The van der Waals surface area contributed by atoms with Crippen LogP contribution in [0, 0.1) is 19.7 Å². The lowest BCUT2D eigenvalue weighted by atomic mass is 10.2. The summed E-state index contributed by atoms with van der Waals surface area (Å²) in [6.07, 6.45) is 3.52. The van der Waals surface area contributed by atoms with E-state index in [1.165, 1.54) is 23.5 Å². The highest BCUT2D eigenvalue weighted by Gasteiger charge is 2.18. The third-order valence-electron chi connectivity index (χ3n) is 4.06. The number of imidazole rings is 1. The Kier molecular flexibility index (Phi) is 4.00. The molecule has 0 aliphatic rings. The SMILES string of the molecule is Cc1ccnc(NC(=O)c2sc3nc(-c4ccc(F)cc4)cn3c2C)c1. The number of halogens is 1. The number of hydrogen-bond acceptors (Lipinski definition) is 4. The zero-order valence-corrected chi connectivity index (χ0v) is 15.0. The number of fused-ring (bicyclic) bond motifs is 1. The van der Waals surface area contributed by atoms with Crippen molar-refractivity contribution in [1.82, 2.24) is 14.4 Å². The second kappa shape index (κ2) is 6.34. The highest BCUT2D eigenvalue weighted by atomic mass is 32.1. The summed E-state index contributed by atoms with van der Waals surface area (Å²) < 4.78 is 15.0. The number of carbonyl (C=O) groups is 1. The number of rotatable bonds is 3. The molecule has 130 valence electrons. The monoisotopic (exact) mass is 366 g/mol. The number of carbonyl (C=O) groups excluding carboxylic acids is 1. The molecule has 0 aliphatic carbocycles. The van der Waals surface area contributed by atoms with Crippen LogP contribution in [0.2, 0.25) is 0 Å². The highest BCUT2D eigenvalue weighted by molar-refractivity contribution is 7.19. The van der Waals surface area contributed by atoms with E-state index in [-0.39, 0.29) is 11.7 Å². The minimum atomic E-state index is -0.283. The molecule has 0 aliphatic heterocycles. The summed E-state index contributed by atoms with van der Waals surface area (Å²) in [6, 6.07) is 9.88. The van der Waals surface area contributed by atoms with Gasteiger partial charge in [0.25, 0.3) is 5.91 Å². The number of anilines is 1. The quantitative estimate of drug-likeness (QED) is 0.582. The predicted molar refractivity (Wildman–Crippen MR) is 100 cm³/mol. The number of aromatic nitrogens is 3. The first-order valence-corrected chi connectivity index (χ1v) is 8.81. The minimum Gasteiger partial charge on any atom is -0.306 e. The maximum atomic E-state index is 13.1. The van der Waals surface area contributed by atoms with Crippen molar-refractivity contribution >= 4 is 28.0 Å². The molecule has 0 unspecified atom stereocenters. The van der Waals surface area contributed by atoms with Gasteiger partial charge in [-0.3, -0.25) is 9.20 Å². The number of pyridine rings is 1. The fourth-order valence-corrected chi connectivity index (χ4v) is 3.70. The predicted octanol–water partition coefficient (Wildman–Crippen LogP) is 4.47. The normalized spacial score (nSPS) is 11.0. The Hall–Kier alpha value is -3.06. The molecule has 0 atom stereocenters. The van der Waals surface area contributed by atoms with Gasteiger partial charge in [-0.15, -0.1) is 0 Å². The summed E-state index contributed by atoms with van der Waals surface area (Å²) in [5.41, 5.74) is 3.40. The van der Waals surface area contributed by atoms with E-state index in [1.54, 1.807) is 18.3 Å². The van der Waals surface area contributed by atoms with E-state index in [0.717, 1.165) is 22.5 Å². The van der Waals surface area contributed by atoms with Gasteiger partial charge in [0.2, 0.25) is 0 Å². The first-order valence-electron chi connectivity index (χ1n) is 8.00. The molecule has 3 heterocycles. The lowest BCUT2D eigenvalue weighted by molar-refractivity contribution is 0.102. The molecular weight excluding hydrogens is 351 g/mol. The van der Waals surface area contributed by atoms with Gasteiger partial charge < -0.3 is 5.32 Å². The molecule has 1 amide bonds. The number of thiazole rings is 1. The molecule has 0 bridgehead atoms. The number of benzene rings is 1. The molecule has 3 aromatic heterocycles. The second-order valence-corrected chi connectivity index (χ2v) is 6.95. The molecule has 0 saturated carbocycles. The third-order valence-corrected chi connectivity index (χ3v) is 5.22. The summed E-state index contributed by atoms with van der Waals surface area (Å²) in [7, 11) is 0. The van der Waals surface area contributed by atoms with Crippen molar-refractivity contribution in [3.05, 3.63) is 70.7 Å². The molecule has 4 rings (SSSR count). The Bertz CT molecular complexity index is 1110. The van der Waals surface area contributed by atoms with Crippen molar-refractivity contribution in [1.29, 1.82) is 0 Å². The van der Waals surface area contributed by atoms with Gasteiger partial charge in [0.05, 0.1) is 5.69 Å². The minimum absolute atomic E-state index is 0.209. The van der Waals surface area contributed by atoms with Gasteiger partial charge >= 0.3 is 0 Å². The molecule has 0 radical (unpaired) electrons. The molecule has 0 spiro atoms. The van der Waals surface area contributed by atoms with E-state index in [9.17, 15) is 9.18 Å². The highest BCUT2D eigenvalue weighted by Crippen LogP contribution is 2.27. The Labute approximate surface area is 153 Å². The topological polar surface area (TPSA) is 59.3 Å². The number of aryl methyl sites for hydroxylation is 2. The maximum Gasteiger partial charge on any atom is 0.268 e. The van der Waals surface area contributed by atoms with Crippen LogP contribution in [-0.4, -0.2) is 20.3 Å². The molecule has 26 heavy (non-hydrogen) atoms. The van der Waals surface area contributed by atoms with E-state index in [1.807, 2.05) is 36.6 Å². The number of nitrogens with one attached hydrogen (secondary N) is 1. The largest absolute Gasteiger partial charge is 0.306 e. The Balaban J connectivity index is 1.65. The van der Waals surface area contributed by atoms with Crippen molar-refractivity contribution in [2.75, 3.05) is 5.32 Å². The van der Waals surface area contributed by atoms with E-state index in [2.05, 4.69) is 15.3 Å². The maximum absolute atomic E-state index is 13.1. The molecule has 1 N–H and O–H groups in total. The van der Waals surface area contributed by atoms with Crippen LogP contribution in [0.4, 0.5) is 10.2 Å². The average Bonchev–Trinajstić information content (AvgIpc) is 3.15. The van der Waals surface area contributed by atoms with Gasteiger partial charge in [0.1, 0.15) is 16.5 Å². The van der Waals surface area contributed by atoms with Gasteiger partial charge in [-0.25, -0.2) is 14.4 Å². The average molecular weight is 366 g/mol. The standard InChI is InChI=1S/C19H15FN4OS/c1-11-7-8-21-16(9-11)23-18(25)17-12(2)24-10-15(22-19(24)26-17)13-3-5-14(20)6-4-13/h3-10H,1-2H3,(H,21,23,25). The van der Waals surface area contributed by atoms with Crippen molar-refractivity contribution in [2.24, 2.45) is 0 Å². The van der Waals surface area contributed by atoms with Gasteiger partial charge in [0.15, 0.2) is 4.96 Å². The summed E-state index contributed by atoms with van der Waals surface area (Å²) in [5, 5.41) is 2.82. The first-order chi connectivity index (χ1) is 12.5. The Morgan fingerprint density at radius 1 is 1.19 bits per heavy atom. The molecular formula is C19H15FN4OS. The van der Waals surface area contributed by atoms with Crippen LogP contribution in [0.5, 0.6) is 0 Å². The molecule has 1 aromatic carbocycles. The van der Waals surface area contributed by atoms with Crippen LogP contribution in [0.25, 0.3) is 16.2 Å². The molecule has 7 heteroatoms. The van der Waals surface area contributed by atoms with Crippen LogP contribution in [0.3, 0.4) is 0 Å².